The van der Waals surface area contributed by atoms with E-state index in [1.165, 1.54) is 47.8 Å². The van der Waals surface area contributed by atoms with Crippen LogP contribution in [0.1, 0.15) is 0 Å². The topological polar surface area (TPSA) is 130 Å². The highest BCUT2D eigenvalue weighted by Crippen LogP contribution is 2.36. The van der Waals surface area contributed by atoms with Crippen molar-refractivity contribution < 1.29 is 23.2 Å². The number of hydrogen-bond donors (Lipinski definition) is 2. The van der Waals surface area contributed by atoms with Crippen molar-refractivity contribution in [3.63, 3.8) is 0 Å². The predicted octanol–water partition coefficient (Wildman–Crippen LogP) is 3.70. The lowest BCUT2D eigenvalue weighted by Crippen LogP contribution is -2.20. The van der Waals surface area contributed by atoms with Gasteiger partial charge in [0.05, 0.1) is 14.2 Å². The number of benzene rings is 2. The van der Waals surface area contributed by atoms with Gasteiger partial charge in [0.25, 0.3) is 5.89 Å². The summed E-state index contributed by atoms with van der Waals surface area (Å²) in [5, 5.41) is 11.6. The Morgan fingerprint density at radius 2 is 1.91 bits per heavy atom. The molecule has 34 heavy (non-hydrogen) atoms. The molecule has 10 nitrogen and oxygen atoms in total. The smallest absolute Gasteiger partial charge is 0.264 e. The standard InChI is InChI=1S/C22H21FN6O4S/c1-31-15-9-4-12(10-16(15)32-2)20-26-21(33-28-20)18-19(24)29(27-22(18)34-3)11-17(30)25-14-7-5-13(23)6-8-14/h4-10H,11,24H2,1-3H3,(H,25,30). The second-order valence-electron chi connectivity index (χ2n) is 6.98. The van der Waals surface area contributed by atoms with Gasteiger partial charge >= 0.3 is 0 Å². The number of nitrogen functional groups attached to an aromatic ring is 1. The molecule has 0 aliphatic rings. The number of anilines is 2. The molecule has 12 heteroatoms. The molecular formula is C22H21FN6O4S. The number of aromatic nitrogens is 4. The van der Waals surface area contributed by atoms with Crippen molar-refractivity contribution in [3.8, 4) is 34.3 Å². The maximum atomic E-state index is 13.1. The molecule has 2 heterocycles. The van der Waals surface area contributed by atoms with Crippen LogP contribution in [-0.4, -0.2) is 46.3 Å². The van der Waals surface area contributed by atoms with E-state index in [1.54, 1.807) is 25.3 Å². The molecule has 0 bridgehead atoms. The molecule has 0 unspecified atom stereocenters. The van der Waals surface area contributed by atoms with Gasteiger partial charge in [0.15, 0.2) is 11.5 Å². The minimum Gasteiger partial charge on any atom is -0.493 e. The molecule has 0 saturated heterocycles. The highest BCUT2D eigenvalue weighted by Gasteiger charge is 2.24. The van der Waals surface area contributed by atoms with Gasteiger partial charge in [-0.2, -0.15) is 10.1 Å². The van der Waals surface area contributed by atoms with Gasteiger partial charge in [0, 0.05) is 11.3 Å². The van der Waals surface area contributed by atoms with Gasteiger partial charge < -0.3 is 25.0 Å². The molecule has 0 atom stereocenters. The summed E-state index contributed by atoms with van der Waals surface area (Å²) < 4.78 is 30.5. The highest BCUT2D eigenvalue weighted by molar-refractivity contribution is 7.98. The third kappa shape index (κ3) is 4.66. The minimum atomic E-state index is -0.393. The first kappa shape index (κ1) is 23.1. The van der Waals surface area contributed by atoms with Crippen LogP contribution in [0, 0.1) is 5.82 Å². The fourth-order valence-electron chi connectivity index (χ4n) is 3.20. The van der Waals surface area contributed by atoms with E-state index < -0.39 is 5.82 Å². The molecule has 176 valence electrons. The predicted molar refractivity (Wildman–Crippen MR) is 125 cm³/mol. The minimum absolute atomic E-state index is 0.159. The number of nitrogens with two attached hydrogens (primary N) is 1. The first-order valence-corrected chi connectivity index (χ1v) is 11.2. The third-order valence-electron chi connectivity index (χ3n) is 4.86. The molecule has 0 fully saturated rings. The summed E-state index contributed by atoms with van der Waals surface area (Å²) >= 11 is 1.32. The number of rotatable bonds is 8. The first-order valence-electron chi connectivity index (χ1n) is 9.95. The van der Waals surface area contributed by atoms with Gasteiger partial charge in [-0.15, -0.1) is 11.8 Å². The number of thioether (sulfide) groups is 1. The summed E-state index contributed by atoms with van der Waals surface area (Å²) in [5.41, 5.74) is 7.84. The first-order chi connectivity index (χ1) is 16.4. The van der Waals surface area contributed by atoms with Crippen LogP contribution in [0.25, 0.3) is 22.8 Å². The van der Waals surface area contributed by atoms with E-state index >= 15 is 0 Å². The zero-order valence-corrected chi connectivity index (χ0v) is 19.4. The fourth-order valence-corrected chi connectivity index (χ4v) is 3.78. The summed E-state index contributed by atoms with van der Waals surface area (Å²) in [6.45, 7) is -0.159. The Bertz CT molecular complexity index is 1320. The number of hydrogen-bond acceptors (Lipinski definition) is 9. The van der Waals surface area contributed by atoms with Gasteiger partial charge in [-0.05, 0) is 48.7 Å². The Labute approximate surface area is 198 Å². The van der Waals surface area contributed by atoms with Crippen LogP contribution in [0.15, 0.2) is 52.0 Å². The van der Waals surface area contributed by atoms with E-state index in [9.17, 15) is 9.18 Å². The Morgan fingerprint density at radius 3 is 2.59 bits per heavy atom. The lowest BCUT2D eigenvalue weighted by Gasteiger charge is -2.07. The average Bonchev–Trinajstić information content (AvgIpc) is 3.44. The zero-order chi connectivity index (χ0) is 24.2. The average molecular weight is 485 g/mol. The molecule has 0 aliphatic heterocycles. The largest absolute Gasteiger partial charge is 0.493 e. The molecule has 2 aromatic carbocycles. The molecule has 2 aromatic heterocycles. The maximum Gasteiger partial charge on any atom is 0.264 e. The van der Waals surface area contributed by atoms with Gasteiger partial charge in [0.2, 0.25) is 11.7 Å². The summed E-state index contributed by atoms with van der Waals surface area (Å²) in [7, 11) is 3.09. The van der Waals surface area contributed by atoms with Crippen LogP contribution in [0.2, 0.25) is 0 Å². The SMILES string of the molecule is COc1ccc(-c2noc(-c3c(SC)nn(CC(=O)Nc4ccc(F)cc4)c3N)n2)cc1OC. The van der Waals surface area contributed by atoms with Crippen LogP contribution >= 0.6 is 11.8 Å². The lowest BCUT2D eigenvalue weighted by atomic mass is 10.2. The number of amides is 1. The second kappa shape index (κ2) is 9.83. The summed E-state index contributed by atoms with van der Waals surface area (Å²) in [6, 6.07) is 10.7. The molecule has 0 spiro atoms. The van der Waals surface area contributed by atoms with E-state index in [0.717, 1.165) is 0 Å². The number of methoxy groups -OCH3 is 2. The van der Waals surface area contributed by atoms with E-state index in [0.29, 0.717) is 39.2 Å². The maximum absolute atomic E-state index is 13.1. The van der Waals surface area contributed by atoms with E-state index in [4.69, 9.17) is 19.7 Å². The molecule has 3 N–H and O–H groups in total. The van der Waals surface area contributed by atoms with Crippen molar-refractivity contribution in [2.45, 2.75) is 11.6 Å². The van der Waals surface area contributed by atoms with Crippen molar-refractivity contribution in [2.24, 2.45) is 0 Å². The molecule has 0 aliphatic carbocycles. The van der Waals surface area contributed by atoms with Crippen molar-refractivity contribution >= 4 is 29.2 Å². The number of nitrogens with zero attached hydrogens (tertiary/aromatic N) is 4. The Morgan fingerprint density at radius 1 is 1.18 bits per heavy atom. The van der Waals surface area contributed by atoms with Crippen molar-refractivity contribution in [1.29, 1.82) is 0 Å². The van der Waals surface area contributed by atoms with Gasteiger partial charge in [-0.25, -0.2) is 9.07 Å². The lowest BCUT2D eigenvalue weighted by molar-refractivity contribution is -0.116. The number of carbonyl (C=O) groups is 1. The quantitative estimate of drug-likeness (QED) is 0.359. The summed E-state index contributed by atoms with van der Waals surface area (Å²) in [4.78, 5) is 16.9. The molecule has 4 aromatic rings. The van der Waals surface area contributed by atoms with Gasteiger partial charge in [-0.1, -0.05) is 5.16 Å². The fraction of sp³-hybridized carbons (Fsp3) is 0.182. The molecule has 4 rings (SSSR count). The Kier molecular flexibility index (Phi) is 6.68. The second-order valence-corrected chi connectivity index (χ2v) is 7.77. The van der Waals surface area contributed by atoms with Crippen LogP contribution < -0.4 is 20.5 Å². The summed E-state index contributed by atoms with van der Waals surface area (Å²) in [5.74, 6) is 1.01. The number of ether oxygens (including phenoxy) is 2. The Balaban J connectivity index is 1.59. The van der Waals surface area contributed by atoms with Crippen LogP contribution in [0.3, 0.4) is 0 Å². The van der Waals surface area contributed by atoms with Gasteiger partial charge in [0.1, 0.15) is 28.8 Å². The Hall–Kier alpha value is -4.06. The van der Waals surface area contributed by atoms with Crippen LogP contribution in [0.5, 0.6) is 11.5 Å². The zero-order valence-electron chi connectivity index (χ0n) is 18.5. The third-order valence-corrected chi connectivity index (χ3v) is 5.53. The number of carbonyl (C=O) groups excluding carboxylic acids is 1. The van der Waals surface area contributed by atoms with Gasteiger partial charge in [-0.3, -0.25) is 4.79 Å². The van der Waals surface area contributed by atoms with Crippen LogP contribution in [0.4, 0.5) is 15.9 Å². The van der Waals surface area contributed by atoms with Crippen molar-refractivity contribution in [1.82, 2.24) is 19.9 Å². The number of nitrogens with one attached hydrogen (secondary N) is 1. The molecular weight excluding hydrogens is 463 g/mol. The molecule has 0 radical (unpaired) electrons. The van der Waals surface area contributed by atoms with E-state index in [-0.39, 0.29) is 24.2 Å². The molecule has 0 saturated carbocycles. The summed E-state index contributed by atoms with van der Waals surface area (Å²) in [6.07, 6.45) is 1.82. The molecule has 1 amide bonds. The van der Waals surface area contributed by atoms with E-state index in [1.807, 2.05) is 6.26 Å². The van der Waals surface area contributed by atoms with Crippen molar-refractivity contribution in [2.75, 3.05) is 31.5 Å². The van der Waals surface area contributed by atoms with Crippen molar-refractivity contribution in [3.05, 3.63) is 48.3 Å². The highest BCUT2D eigenvalue weighted by atomic mass is 32.2. The van der Waals surface area contributed by atoms with Crippen LogP contribution in [-0.2, 0) is 11.3 Å². The monoisotopic (exact) mass is 484 g/mol. The normalized spacial score (nSPS) is 10.8. The van der Waals surface area contributed by atoms with E-state index in [2.05, 4.69) is 20.6 Å². The number of halogens is 1.